The van der Waals surface area contributed by atoms with E-state index >= 15 is 0 Å². The van der Waals surface area contributed by atoms with Gasteiger partial charge in [0.25, 0.3) is 0 Å². The van der Waals surface area contributed by atoms with Crippen molar-refractivity contribution in [2.75, 3.05) is 6.54 Å². The van der Waals surface area contributed by atoms with Gasteiger partial charge in [0.15, 0.2) is 0 Å². The van der Waals surface area contributed by atoms with Crippen LogP contribution < -0.4 is 5.84 Å². The van der Waals surface area contributed by atoms with E-state index in [1.807, 2.05) is 5.01 Å². The van der Waals surface area contributed by atoms with Crippen molar-refractivity contribution in [3.63, 3.8) is 0 Å². The highest BCUT2D eigenvalue weighted by molar-refractivity contribution is 4.60. The molecule has 2 nitrogen and oxygen atoms in total. The fourth-order valence-corrected chi connectivity index (χ4v) is 1.02. The van der Waals surface area contributed by atoms with E-state index < -0.39 is 0 Å². The first kappa shape index (κ1) is 8.92. The van der Waals surface area contributed by atoms with Crippen LogP contribution in [0.1, 0.15) is 33.6 Å². The molecule has 0 aliphatic heterocycles. The maximum atomic E-state index is 5.67. The summed E-state index contributed by atoms with van der Waals surface area (Å²) in [4.78, 5) is 0. The predicted octanol–water partition coefficient (Wildman–Crippen LogP) is 1.37. The summed E-state index contributed by atoms with van der Waals surface area (Å²) in [5.74, 6) is 5.67. The molecule has 0 aliphatic carbocycles. The smallest absolute Gasteiger partial charge is 0.0235 e. The van der Waals surface area contributed by atoms with Crippen LogP contribution in [-0.4, -0.2) is 17.6 Å². The Labute approximate surface area is 58.0 Å². The number of rotatable bonds is 4. The van der Waals surface area contributed by atoms with Gasteiger partial charge in [-0.25, -0.2) is 5.01 Å². The van der Waals surface area contributed by atoms with Crippen molar-refractivity contribution in [1.29, 1.82) is 0 Å². The lowest BCUT2D eigenvalue weighted by molar-refractivity contribution is 0.200. The van der Waals surface area contributed by atoms with Crippen LogP contribution in [0.2, 0.25) is 0 Å². The second-order valence-corrected chi connectivity index (χ2v) is 2.30. The monoisotopic (exact) mass is 130 g/mol. The van der Waals surface area contributed by atoms with Crippen molar-refractivity contribution >= 4 is 0 Å². The molecule has 0 radical (unpaired) electrons. The molecule has 0 bridgehead atoms. The Hall–Kier alpha value is -0.0800. The van der Waals surface area contributed by atoms with Gasteiger partial charge in [-0.15, -0.1) is 0 Å². The van der Waals surface area contributed by atoms with Gasteiger partial charge in [0, 0.05) is 12.6 Å². The Morgan fingerprint density at radius 3 is 1.78 bits per heavy atom. The van der Waals surface area contributed by atoms with E-state index in [2.05, 4.69) is 20.8 Å². The van der Waals surface area contributed by atoms with Gasteiger partial charge < -0.3 is 0 Å². The minimum Gasteiger partial charge on any atom is -0.269 e. The first-order valence-electron chi connectivity index (χ1n) is 3.77. The molecule has 9 heavy (non-hydrogen) atoms. The normalized spacial score (nSPS) is 11.3. The van der Waals surface area contributed by atoms with E-state index in [-0.39, 0.29) is 0 Å². The minimum absolute atomic E-state index is 0.579. The van der Waals surface area contributed by atoms with E-state index in [1.54, 1.807) is 0 Å². The van der Waals surface area contributed by atoms with Gasteiger partial charge in [0.2, 0.25) is 0 Å². The van der Waals surface area contributed by atoms with Crippen LogP contribution in [0.3, 0.4) is 0 Å². The molecule has 0 unspecified atom stereocenters. The summed E-state index contributed by atoms with van der Waals surface area (Å²) >= 11 is 0. The molecular weight excluding hydrogens is 112 g/mol. The molecule has 0 saturated heterocycles. The zero-order valence-electron chi connectivity index (χ0n) is 6.72. The molecule has 0 aromatic heterocycles. The molecule has 2 heteroatoms. The lowest BCUT2D eigenvalue weighted by Gasteiger charge is -2.23. The SMILES string of the molecule is CCC(CC)N(N)CC. The van der Waals surface area contributed by atoms with Gasteiger partial charge in [-0.05, 0) is 12.8 Å². The van der Waals surface area contributed by atoms with Crippen molar-refractivity contribution in [2.45, 2.75) is 39.7 Å². The summed E-state index contributed by atoms with van der Waals surface area (Å²) in [6.07, 6.45) is 2.31. The summed E-state index contributed by atoms with van der Waals surface area (Å²) in [6, 6.07) is 0.579. The lowest BCUT2D eigenvalue weighted by atomic mass is 10.2. The van der Waals surface area contributed by atoms with E-state index in [0.29, 0.717) is 6.04 Å². The third-order valence-electron chi connectivity index (χ3n) is 1.78. The van der Waals surface area contributed by atoms with Crippen LogP contribution in [0.5, 0.6) is 0 Å². The number of hydrogen-bond acceptors (Lipinski definition) is 2. The molecule has 0 heterocycles. The first-order valence-corrected chi connectivity index (χ1v) is 3.77. The Morgan fingerprint density at radius 2 is 1.67 bits per heavy atom. The van der Waals surface area contributed by atoms with Crippen LogP contribution in [0.15, 0.2) is 0 Å². The molecule has 0 amide bonds. The summed E-state index contributed by atoms with van der Waals surface area (Å²) in [5.41, 5.74) is 0. The first-order chi connectivity index (χ1) is 4.26. The Balaban J connectivity index is 3.50. The van der Waals surface area contributed by atoms with Crippen LogP contribution in [0, 0.1) is 0 Å². The zero-order valence-corrected chi connectivity index (χ0v) is 6.72. The molecule has 0 rings (SSSR count). The van der Waals surface area contributed by atoms with Crippen LogP contribution in [-0.2, 0) is 0 Å². The van der Waals surface area contributed by atoms with Crippen molar-refractivity contribution in [3.05, 3.63) is 0 Å². The number of nitrogens with two attached hydrogens (primary N) is 1. The molecule has 2 N–H and O–H groups in total. The summed E-state index contributed by atoms with van der Waals surface area (Å²) in [6.45, 7) is 7.37. The van der Waals surface area contributed by atoms with Crippen molar-refractivity contribution in [3.8, 4) is 0 Å². The van der Waals surface area contributed by atoms with E-state index in [1.165, 1.54) is 0 Å². The Bertz CT molecular complexity index is 59.9. The fraction of sp³-hybridized carbons (Fsp3) is 1.00. The van der Waals surface area contributed by atoms with Crippen molar-refractivity contribution < 1.29 is 0 Å². The average Bonchev–Trinajstić information content (AvgIpc) is 1.90. The minimum atomic E-state index is 0.579. The maximum absolute atomic E-state index is 5.67. The number of hydrogen-bond donors (Lipinski definition) is 1. The highest BCUT2D eigenvalue weighted by Gasteiger charge is 2.06. The highest BCUT2D eigenvalue weighted by atomic mass is 15.4. The molecule has 0 saturated carbocycles. The number of hydrazine groups is 1. The Kier molecular flexibility index (Phi) is 4.72. The quantitative estimate of drug-likeness (QED) is 0.460. The zero-order chi connectivity index (χ0) is 7.28. The van der Waals surface area contributed by atoms with Crippen LogP contribution in [0.4, 0.5) is 0 Å². The van der Waals surface area contributed by atoms with Crippen molar-refractivity contribution in [1.82, 2.24) is 5.01 Å². The topological polar surface area (TPSA) is 29.3 Å². The molecule has 0 spiro atoms. The molecule has 0 fully saturated rings. The fourth-order valence-electron chi connectivity index (χ4n) is 1.02. The molecular formula is C7H18N2. The molecule has 0 aliphatic rings. The van der Waals surface area contributed by atoms with Gasteiger partial charge >= 0.3 is 0 Å². The Morgan fingerprint density at radius 1 is 1.22 bits per heavy atom. The average molecular weight is 130 g/mol. The van der Waals surface area contributed by atoms with E-state index in [4.69, 9.17) is 5.84 Å². The predicted molar refractivity (Wildman–Crippen MR) is 40.9 cm³/mol. The van der Waals surface area contributed by atoms with Gasteiger partial charge in [-0.1, -0.05) is 20.8 Å². The third-order valence-corrected chi connectivity index (χ3v) is 1.78. The van der Waals surface area contributed by atoms with Gasteiger partial charge in [0.05, 0.1) is 0 Å². The third kappa shape index (κ3) is 2.82. The van der Waals surface area contributed by atoms with Crippen molar-refractivity contribution in [2.24, 2.45) is 5.84 Å². The van der Waals surface area contributed by atoms with E-state index in [0.717, 1.165) is 19.4 Å². The molecule has 56 valence electrons. The van der Waals surface area contributed by atoms with Gasteiger partial charge in [0.1, 0.15) is 0 Å². The lowest BCUT2D eigenvalue weighted by Crippen LogP contribution is -2.39. The largest absolute Gasteiger partial charge is 0.269 e. The van der Waals surface area contributed by atoms with Gasteiger partial charge in [-0.3, -0.25) is 5.84 Å². The maximum Gasteiger partial charge on any atom is 0.0235 e. The molecule has 0 aromatic rings. The van der Waals surface area contributed by atoms with Crippen LogP contribution >= 0.6 is 0 Å². The molecule has 0 atom stereocenters. The second-order valence-electron chi connectivity index (χ2n) is 2.30. The van der Waals surface area contributed by atoms with E-state index in [9.17, 15) is 0 Å². The standard InChI is InChI=1S/C7H18N2/c1-4-7(5-2)9(8)6-3/h7H,4-6,8H2,1-3H3. The van der Waals surface area contributed by atoms with Gasteiger partial charge in [-0.2, -0.15) is 0 Å². The number of nitrogens with zero attached hydrogens (tertiary/aromatic N) is 1. The highest BCUT2D eigenvalue weighted by Crippen LogP contribution is 2.01. The summed E-state index contributed by atoms with van der Waals surface area (Å²) in [7, 11) is 0. The second kappa shape index (κ2) is 4.77. The van der Waals surface area contributed by atoms with Crippen LogP contribution in [0.25, 0.3) is 0 Å². The molecule has 0 aromatic carbocycles. The summed E-state index contributed by atoms with van der Waals surface area (Å²) in [5, 5.41) is 1.90. The summed E-state index contributed by atoms with van der Waals surface area (Å²) < 4.78 is 0.